The molecule has 14 heavy (non-hydrogen) atoms. The summed E-state index contributed by atoms with van der Waals surface area (Å²) < 4.78 is 70.4. The third-order valence-electron chi connectivity index (χ3n) is 1.91. The highest BCUT2D eigenvalue weighted by Gasteiger charge is 2.35. The first-order valence-corrected chi connectivity index (χ1v) is 4.26. The van der Waals surface area contributed by atoms with Crippen LogP contribution in [0.25, 0.3) is 0 Å². The topological polar surface area (TPSA) is 0 Å². The van der Waals surface area contributed by atoms with E-state index in [9.17, 15) is 26.3 Å². The molecule has 0 saturated heterocycles. The summed E-state index contributed by atoms with van der Waals surface area (Å²) in [7, 11) is 0. The van der Waals surface area contributed by atoms with Crippen molar-refractivity contribution in [2.45, 2.75) is 45.0 Å². The lowest BCUT2D eigenvalue weighted by Gasteiger charge is -2.15. The molecule has 0 aromatic rings. The van der Waals surface area contributed by atoms with Gasteiger partial charge in [-0.25, -0.2) is 0 Å². The number of halogens is 6. The number of hydrogen-bond donors (Lipinski definition) is 0. The second-order valence-corrected chi connectivity index (χ2v) is 3.30. The molecular formula is C8H12F6. The zero-order valence-electron chi connectivity index (χ0n) is 7.67. The van der Waals surface area contributed by atoms with Gasteiger partial charge in [-0.3, -0.25) is 0 Å². The van der Waals surface area contributed by atoms with Crippen LogP contribution in [-0.2, 0) is 0 Å². The van der Waals surface area contributed by atoms with Gasteiger partial charge in [-0.15, -0.1) is 0 Å². The highest BCUT2D eigenvalue weighted by atomic mass is 19.4. The fraction of sp³-hybridized carbons (Fsp3) is 1.00. The van der Waals surface area contributed by atoms with Gasteiger partial charge in [0.2, 0.25) is 0 Å². The van der Waals surface area contributed by atoms with Crippen molar-refractivity contribution in [3.05, 3.63) is 0 Å². The molecule has 1 unspecified atom stereocenters. The van der Waals surface area contributed by atoms with Crippen molar-refractivity contribution in [1.82, 2.24) is 0 Å². The maximum Gasteiger partial charge on any atom is 0.391 e. The van der Waals surface area contributed by atoms with Crippen LogP contribution in [-0.4, -0.2) is 12.4 Å². The van der Waals surface area contributed by atoms with Gasteiger partial charge in [0.1, 0.15) is 0 Å². The predicted molar refractivity (Wildman–Crippen MR) is 39.7 cm³/mol. The van der Waals surface area contributed by atoms with Gasteiger partial charge in [-0.05, 0) is 12.8 Å². The van der Waals surface area contributed by atoms with E-state index in [4.69, 9.17) is 0 Å². The monoisotopic (exact) mass is 222 g/mol. The molecule has 0 saturated carbocycles. The van der Waals surface area contributed by atoms with Gasteiger partial charge in [0.15, 0.2) is 0 Å². The van der Waals surface area contributed by atoms with Gasteiger partial charge < -0.3 is 0 Å². The molecule has 0 nitrogen and oxygen atoms in total. The first-order valence-electron chi connectivity index (χ1n) is 4.26. The van der Waals surface area contributed by atoms with Crippen LogP contribution in [0.15, 0.2) is 0 Å². The molecule has 0 heterocycles. The predicted octanol–water partition coefficient (Wildman–Crippen LogP) is 4.31. The van der Waals surface area contributed by atoms with E-state index in [1.54, 1.807) is 0 Å². The van der Waals surface area contributed by atoms with Gasteiger partial charge in [0.25, 0.3) is 0 Å². The zero-order chi connectivity index (χ0) is 11.4. The van der Waals surface area contributed by atoms with Crippen LogP contribution >= 0.6 is 0 Å². The molecule has 0 aliphatic carbocycles. The Hall–Kier alpha value is -0.420. The van der Waals surface area contributed by atoms with Crippen molar-refractivity contribution in [1.29, 1.82) is 0 Å². The van der Waals surface area contributed by atoms with E-state index < -0.39 is 24.7 Å². The second kappa shape index (κ2) is 4.89. The van der Waals surface area contributed by atoms with Crippen LogP contribution in [0.5, 0.6) is 0 Å². The Morgan fingerprint density at radius 1 is 0.929 bits per heavy atom. The van der Waals surface area contributed by atoms with Crippen LogP contribution in [0.1, 0.15) is 32.6 Å². The average molecular weight is 222 g/mol. The Labute approximate surface area is 78.3 Å². The van der Waals surface area contributed by atoms with Crippen molar-refractivity contribution in [2.24, 2.45) is 5.92 Å². The molecule has 0 rings (SSSR count). The Bertz CT molecular complexity index is 156. The summed E-state index contributed by atoms with van der Waals surface area (Å²) in [5.41, 5.74) is 0. The lowest BCUT2D eigenvalue weighted by Crippen LogP contribution is -2.19. The molecule has 0 N–H and O–H groups in total. The summed E-state index contributed by atoms with van der Waals surface area (Å²) in [6.07, 6.45) is -10.1. The smallest absolute Gasteiger partial charge is 0.171 e. The number of hydrogen-bond acceptors (Lipinski definition) is 0. The van der Waals surface area contributed by atoms with E-state index in [1.807, 2.05) is 0 Å². The minimum Gasteiger partial charge on any atom is -0.171 e. The van der Waals surface area contributed by atoms with Crippen molar-refractivity contribution in [2.75, 3.05) is 0 Å². The zero-order valence-corrected chi connectivity index (χ0v) is 7.67. The number of alkyl halides is 6. The molecule has 86 valence electrons. The summed E-state index contributed by atoms with van der Waals surface area (Å²) in [6, 6.07) is 0. The van der Waals surface area contributed by atoms with Gasteiger partial charge in [0.05, 0.1) is 5.92 Å². The maximum absolute atomic E-state index is 11.9. The quantitative estimate of drug-likeness (QED) is 0.491. The Morgan fingerprint density at radius 2 is 1.43 bits per heavy atom. The molecule has 0 aliphatic rings. The number of rotatable bonds is 4. The van der Waals surface area contributed by atoms with Crippen LogP contribution in [0.4, 0.5) is 26.3 Å². The third-order valence-corrected chi connectivity index (χ3v) is 1.91. The Balaban J connectivity index is 3.56. The van der Waals surface area contributed by atoms with Crippen molar-refractivity contribution >= 4 is 0 Å². The van der Waals surface area contributed by atoms with Crippen molar-refractivity contribution in [3.63, 3.8) is 0 Å². The maximum atomic E-state index is 11.9. The molecule has 0 amide bonds. The minimum atomic E-state index is -4.29. The minimum absolute atomic E-state index is 0.0415. The van der Waals surface area contributed by atoms with Gasteiger partial charge in [0, 0.05) is 6.42 Å². The molecule has 0 aliphatic heterocycles. The van der Waals surface area contributed by atoms with Crippen LogP contribution in [0.3, 0.4) is 0 Å². The Kier molecular flexibility index (Phi) is 4.74. The lowest BCUT2D eigenvalue weighted by atomic mass is 10.0. The van der Waals surface area contributed by atoms with Crippen LogP contribution in [0.2, 0.25) is 0 Å². The van der Waals surface area contributed by atoms with E-state index in [1.165, 1.54) is 0 Å². The fourth-order valence-corrected chi connectivity index (χ4v) is 0.940. The molecule has 0 spiro atoms. The standard InChI is InChI=1S/C8H12F6/c1-6(8(12,13)14)4-2-3-5-7(9,10)11/h6H,2-5H2,1H3. The highest BCUT2D eigenvalue weighted by molar-refractivity contribution is 4.62. The first kappa shape index (κ1) is 13.6. The van der Waals surface area contributed by atoms with Crippen molar-refractivity contribution in [3.8, 4) is 0 Å². The molecular weight excluding hydrogens is 210 g/mol. The van der Waals surface area contributed by atoms with E-state index in [2.05, 4.69) is 0 Å². The average Bonchev–Trinajstić information content (AvgIpc) is 1.93. The summed E-state index contributed by atoms with van der Waals surface area (Å²) in [6.45, 7) is 0.980. The summed E-state index contributed by atoms with van der Waals surface area (Å²) in [5, 5.41) is 0. The molecule has 0 fully saturated rings. The van der Waals surface area contributed by atoms with Crippen molar-refractivity contribution < 1.29 is 26.3 Å². The molecule has 1 atom stereocenters. The number of unbranched alkanes of at least 4 members (excludes halogenated alkanes) is 1. The molecule has 0 bridgehead atoms. The molecule has 0 radical (unpaired) electrons. The van der Waals surface area contributed by atoms with Gasteiger partial charge in [-0.2, -0.15) is 26.3 Å². The molecule has 0 aromatic heterocycles. The first-order chi connectivity index (χ1) is 6.13. The highest BCUT2D eigenvalue weighted by Crippen LogP contribution is 2.30. The fourth-order valence-electron chi connectivity index (χ4n) is 0.940. The Morgan fingerprint density at radius 3 is 1.79 bits per heavy atom. The van der Waals surface area contributed by atoms with Gasteiger partial charge in [-0.1, -0.05) is 13.3 Å². The normalized spacial score (nSPS) is 15.6. The lowest BCUT2D eigenvalue weighted by molar-refractivity contribution is -0.172. The van der Waals surface area contributed by atoms with Crippen LogP contribution in [0, 0.1) is 5.92 Å². The van der Waals surface area contributed by atoms with E-state index in [0.29, 0.717) is 0 Å². The molecule has 6 heteroatoms. The van der Waals surface area contributed by atoms with E-state index >= 15 is 0 Å². The largest absolute Gasteiger partial charge is 0.391 e. The second-order valence-electron chi connectivity index (χ2n) is 3.30. The van der Waals surface area contributed by atoms with Gasteiger partial charge >= 0.3 is 12.4 Å². The summed E-state index contributed by atoms with van der Waals surface area (Å²) >= 11 is 0. The van der Waals surface area contributed by atoms with E-state index in [-0.39, 0.29) is 19.3 Å². The van der Waals surface area contributed by atoms with Crippen LogP contribution < -0.4 is 0 Å². The molecule has 0 aromatic carbocycles. The summed E-state index contributed by atoms with van der Waals surface area (Å²) in [5.74, 6) is -1.52. The third kappa shape index (κ3) is 7.03. The summed E-state index contributed by atoms with van der Waals surface area (Å²) in [4.78, 5) is 0. The van der Waals surface area contributed by atoms with E-state index in [0.717, 1.165) is 6.92 Å². The SMILES string of the molecule is CC(CCCCC(F)(F)F)C(F)(F)F.